The van der Waals surface area contributed by atoms with Crippen molar-refractivity contribution in [1.82, 2.24) is 20.2 Å². The zero-order chi connectivity index (χ0) is 23.2. The third-order valence-electron chi connectivity index (χ3n) is 4.69. The third-order valence-corrected chi connectivity index (χ3v) is 6.15. The molecule has 0 saturated carbocycles. The van der Waals surface area contributed by atoms with E-state index in [1.165, 1.54) is 23.9 Å². The van der Waals surface area contributed by atoms with Crippen LogP contribution in [0.25, 0.3) is 17.1 Å². The van der Waals surface area contributed by atoms with Gasteiger partial charge in [0.25, 0.3) is 5.91 Å². The summed E-state index contributed by atoms with van der Waals surface area (Å²) < 4.78 is 16.0. The van der Waals surface area contributed by atoms with Gasteiger partial charge in [-0.3, -0.25) is 9.36 Å². The molecule has 0 bridgehead atoms. The molecule has 1 aromatic heterocycles. The van der Waals surface area contributed by atoms with Crippen LogP contribution < -0.4 is 5.43 Å². The fraction of sp³-hybridized carbons (Fsp3) is 0.0833. The number of benzene rings is 3. The summed E-state index contributed by atoms with van der Waals surface area (Å²) in [4.78, 5) is 12.4. The van der Waals surface area contributed by atoms with E-state index in [1.807, 2.05) is 59.2 Å². The highest BCUT2D eigenvalue weighted by Gasteiger charge is 2.17. The maximum atomic E-state index is 13.1. The number of amides is 1. The standard InChI is InChI=1S/C24H19BrFN5OS/c1-16(17-9-13-20(26)14-10-17)27-28-22(32)15-33-24-30-29-23(18-7-11-19(25)12-8-18)31(24)21-5-3-2-4-6-21/h2-14H,15H2,1H3,(H,28,32)/b27-16-. The highest BCUT2D eigenvalue weighted by Crippen LogP contribution is 2.28. The zero-order valence-electron chi connectivity index (χ0n) is 17.6. The number of hydrogen-bond donors (Lipinski definition) is 1. The topological polar surface area (TPSA) is 72.2 Å². The van der Waals surface area contributed by atoms with Crippen LogP contribution in [-0.2, 0) is 4.79 Å². The van der Waals surface area contributed by atoms with Gasteiger partial charge in [0.05, 0.1) is 11.5 Å². The minimum absolute atomic E-state index is 0.103. The van der Waals surface area contributed by atoms with Gasteiger partial charge in [0.1, 0.15) is 5.82 Å². The van der Waals surface area contributed by atoms with E-state index >= 15 is 0 Å². The Hall–Kier alpha value is -3.30. The average Bonchev–Trinajstić information content (AvgIpc) is 3.26. The maximum Gasteiger partial charge on any atom is 0.250 e. The van der Waals surface area contributed by atoms with Gasteiger partial charge in [-0.05, 0) is 48.9 Å². The van der Waals surface area contributed by atoms with Crippen molar-refractivity contribution in [3.8, 4) is 17.1 Å². The number of thioether (sulfide) groups is 1. The van der Waals surface area contributed by atoms with Crippen molar-refractivity contribution in [2.45, 2.75) is 12.1 Å². The second kappa shape index (κ2) is 10.5. The highest BCUT2D eigenvalue weighted by molar-refractivity contribution is 9.10. The molecule has 166 valence electrons. The molecule has 0 atom stereocenters. The van der Waals surface area contributed by atoms with E-state index in [9.17, 15) is 9.18 Å². The molecule has 1 N–H and O–H groups in total. The summed E-state index contributed by atoms with van der Waals surface area (Å²) in [6.45, 7) is 1.75. The molecule has 6 nitrogen and oxygen atoms in total. The summed E-state index contributed by atoms with van der Waals surface area (Å²) in [7, 11) is 0. The molecule has 9 heteroatoms. The van der Waals surface area contributed by atoms with Gasteiger partial charge in [-0.2, -0.15) is 5.10 Å². The second-order valence-electron chi connectivity index (χ2n) is 7.01. The van der Waals surface area contributed by atoms with Crippen molar-refractivity contribution < 1.29 is 9.18 Å². The molecule has 0 fully saturated rings. The average molecular weight is 524 g/mol. The van der Waals surface area contributed by atoms with Crippen LogP contribution in [0.4, 0.5) is 4.39 Å². The van der Waals surface area contributed by atoms with E-state index in [1.54, 1.807) is 19.1 Å². The molecule has 0 aliphatic carbocycles. The summed E-state index contributed by atoms with van der Waals surface area (Å²) in [5.41, 5.74) is 5.66. The van der Waals surface area contributed by atoms with Crippen LogP contribution in [0.3, 0.4) is 0 Å². The van der Waals surface area contributed by atoms with Gasteiger partial charge >= 0.3 is 0 Å². The Labute approximate surface area is 203 Å². The van der Waals surface area contributed by atoms with E-state index in [0.29, 0.717) is 16.7 Å². The van der Waals surface area contributed by atoms with Crippen LogP contribution in [0.15, 0.2) is 93.6 Å². The first-order valence-electron chi connectivity index (χ1n) is 10.00. The molecule has 0 aliphatic heterocycles. The van der Waals surface area contributed by atoms with Crippen molar-refractivity contribution in [3.05, 3.63) is 94.7 Å². The van der Waals surface area contributed by atoms with E-state index in [2.05, 4.69) is 36.7 Å². The molecular formula is C24H19BrFN5OS. The largest absolute Gasteiger partial charge is 0.272 e. The fourth-order valence-corrected chi connectivity index (χ4v) is 4.03. The lowest BCUT2D eigenvalue weighted by atomic mass is 10.1. The fourth-order valence-electron chi connectivity index (χ4n) is 3.02. The van der Waals surface area contributed by atoms with Crippen molar-refractivity contribution in [1.29, 1.82) is 0 Å². The van der Waals surface area contributed by atoms with Crippen molar-refractivity contribution in [3.63, 3.8) is 0 Å². The van der Waals surface area contributed by atoms with Crippen molar-refractivity contribution in [2.24, 2.45) is 5.10 Å². The number of rotatable bonds is 7. The third kappa shape index (κ3) is 5.74. The summed E-state index contributed by atoms with van der Waals surface area (Å²) in [6, 6.07) is 23.5. The van der Waals surface area contributed by atoms with Gasteiger partial charge in [0.15, 0.2) is 11.0 Å². The number of carbonyl (C=O) groups excluding carboxylic acids is 1. The molecule has 1 heterocycles. The number of hydrogen-bond acceptors (Lipinski definition) is 5. The number of aromatic nitrogens is 3. The molecule has 1 amide bonds. The maximum absolute atomic E-state index is 13.1. The Morgan fingerprint density at radius 2 is 1.73 bits per heavy atom. The molecule has 0 saturated heterocycles. The van der Waals surface area contributed by atoms with Crippen molar-refractivity contribution >= 4 is 39.3 Å². The lowest BCUT2D eigenvalue weighted by molar-refractivity contribution is -0.118. The molecule has 4 aromatic rings. The highest BCUT2D eigenvalue weighted by atomic mass is 79.9. The quantitative estimate of drug-likeness (QED) is 0.198. The van der Waals surface area contributed by atoms with E-state index in [-0.39, 0.29) is 17.5 Å². The van der Waals surface area contributed by atoms with Gasteiger partial charge in [-0.1, -0.05) is 70.2 Å². The van der Waals surface area contributed by atoms with Crippen LogP contribution in [0, 0.1) is 5.82 Å². The molecule has 3 aromatic carbocycles. The summed E-state index contributed by atoms with van der Waals surface area (Å²) >= 11 is 4.72. The Kier molecular flexibility index (Phi) is 7.31. The lowest BCUT2D eigenvalue weighted by Gasteiger charge is -2.10. The molecule has 0 spiro atoms. The Morgan fingerprint density at radius 3 is 2.42 bits per heavy atom. The number of nitrogens with zero attached hydrogens (tertiary/aromatic N) is 4. The Balaban J connectivity index is 1.51. The van der Waals surface area contributed by atoms with Crippen LogP contribution in [0.5, 0.6) is 0 Å². The minimum atomic E-state index is -0.322. The van der Waals surface area contributed by atoms with E-state index < -0.39 is 0 Å². The molecule has 4 rings (SSSR count). The molecule has 0 radical (unpaired) electrons. The van der Waals surface area contributed by atoms with E-state index in [0.717, 1.165) is 21.3 Å². The van der Waals surface area contributed by atoms with Crippen LogP contribution in [0.1, 0.15) is 12.5 Å². The first-order valence-corrected chi connectivity index (χ1v) is 11.8. The summed E-state index contributed by atoms with van der Waals surface area (Å²) in [6.07, 6.45) is 0. The predicted octanol–water partition coefficient (Wildman–Crippen LogP) is 5.47. The second-order valence-corrected chi connectivity index (χ2v) is 8.87. The molecular weight excluding hydrogens is 505 g/mol. The normalized spacial score (nSPS) is 11.4. The lowest BCUT2D eigenvalue weighted by Crippen LogP contribution is -2.21. The van der Waals surface area contributed by atoms with Gasteiger partial charge in [0, 0.05) is 15.7 Å². The minimum Gasteiger partial charge on any atom is -0.272 e. The van der Waals surface area contributed by atoms with Gasteiger partial charge in [-0.15, -0.1) is 10.2 Å². The Morgan fingerprint density at radius 1 is 1.03 bits per heavy atom. The van der Waals surface area contributed by atoms with Gasteiger partial charge in [0.2, 0.25) is 0 Å². The molecule has 0 aliphatic rings. The van der Waals surface area contributed by atoms with Crippen LogP contribution >= 0.6 is 27.7 Å². The van der Waals surface area contributed by atoms with Crippen LogP contribution in [0.2, 0.25) is 0 Å². The molecule has 33 heavy (non-hydrogen) atoms. The Bertz CT molecular complexity index is 1270. The molecule has 0 unspecified atom stereocenters. The number of halogens is 2. The first-order chi connectivity index (χ1) is 16.0. The van der Waals surface area contributed by atoms with Gasteiger partial charge < -0.3 is 0 Å². The smallest absolute Gasteiger partial charge is 0.250 e. The van der Waals surface area contributed by atoms with E-state index in [4.69, 9.17) is 0 Å². The SMILES string of the molecule is C/C(=N/NC(=O)CSc1nnc(-c2ccc(Br)cc2)n1-c1ccccc1)c1ccc(F)cc1. The van der Waals surface area contributed by atoms with Crippen LogP contribution in [-0.4, -0.2) is 32.1 Å². The predicted molar refractivity (Wildman–Crippen MR) is 132 cm³/mol. The summed E-state index contributed by atoms with van der Waals surface area (Å²) in [5.74, 6) is 0.180. The number of carbonyl (C=O) groups is 1. The summed E-state index contributed by atoms with van der Waals surface area (Å²) in [5, 5.41) is 13.4. The number of nitrogens with one attached hydrogen (secondary N) is 1. The zero-order valence-corrected chi connectivity index (χ0v) is 20.0. The number of para-hydroxylation sites is 1. The number of hydrazone groups is 1. The van der Waals surface area contributed by atoms with Gasteiger partial charge in [-0.25, -0.2) is 9.82 Å². The van der Waals surface area contributed by atoms with Crippen molar-refractivity contribution in [2.75, 3.05) is 5.75 Å². The monoisotopic (exact) mass is 523 g/mol. The first kappa shape index (κ1) is 22.9.